The molecule has 3 N–H and O–H groups in total. The van der Waals surface area contributed by atoms with Crippen molar-refractivity contribution in [3.05, 3.63) is 35.9 Å². The van der Waals surface area contributed by atoms with Crippen molar-refractivity contribution in [3.63, 3.8) is 0 Å². The van der Waals surface area contributed by atoms with E-state index < -0.39 is 10.0 Å². The summed E-state index contributed by atoms with van der Waals surface area (Å²) in [5, 5.41) is 5.35. The average molecular weight is 285 g/mol. The molecule has 1 aromatic rings. The highest BCUT2D eigenvalue weighted by atomic mass is 32.2. The minimum atomic E-state index is -3.21. The average Bonchev–Trinajstić information content (AvgIpc) is 2.34. The number of rotatable bonds is 6. The Labute approximate surface area is 113 Å². The highest BCUT2D eigenvalue weighted by Crippen LogP contribution is 2.10. The van der Waals surface area contributed by atoms with Gasteiger partial charge in [-0.3, -0.25) is 0 Å². The SMILES string of the molecule is C[C@@H](NC(=O)NCCNS(C)(=O)=O)c1ccccc1. The molecule has 1 aromatic carbocycles. The standard InChI is InChI=1S/C12H19N3O3S/c1-10(11-6-4-3-5-7-11)15-12(16)13-8-9-14-19(2,17)18/h3-7,10,14H,8-9H2,1-2H3,(H2,13,15,16)/t10-/m1/s1. The van der Waals surface area contributed by atoms with Gasteiger partial charge in [-0.2, -0.15) is 0 Å². The van der Waals surface area contributed by atoms with Crippen molar-refractivity contribution in [2.24, 2.45) is 0 Å². The number of hydrogen-bond donors (Lipinski definition) is 3. The molecule has 0 bridgehead atoms. The second kappa shape index (κ2) is 7.10. The molecule has 7 heteroatoms. The molecule has 0 aromatic heterocycles. The Hall–Kier alpha value is -1.60. The molecule has 0 unspecified atom stereocenters. The molecular weight excluding hydrogens is 266 g/mol. The quantitative estimate of drug-likeness (QED) is 0.669. The maximum absolute atomic E-state index is 11.6. The first-order valence-electron chi connectivity index (χ1n) is 5.92. The van der Waals surface area contributed by atoms with Crippen molar-refractivity contribution >= 4 is 16.1 Å². The molecular formula is C12H19N3O3S. The van der Waals surface area contributed by atoms with E-state index in [1.54, 1.807) is 0 Å². The number of nitrogens with one attached hydrogen (secondary N) is 3. The van der Waals surface area contributed by atoms with Crippen LogP contribution < -0.4 is 15.4 Å². The summed E-state index contributed by atoms with van der Waals surface area (Å²) in [6.45, 7) is 2.29. The van der Waals surface area contributed by atoms with Gasteiger partial charge < -0.3 is 10.6 Å². The summed E-state index contributed by atoms with van der Waals surface area (Å²) < 4.78 is 23.9. The van der Waals surface area contributed by atoms with Gasteiger partial charge in [-0.25, -0.2) is 17.9 Å². The van der Waals surface area contributed by atoms with Crippen LogP contribution in [-0.2, 0) is 10.0 Å². The molecule has 0 aliphatic carbocycles. The largest absolute Gasteiger partial charge is 0.337 e. The lowest BCUT2D eigenvalue weighted by Gasteiger charge is -2.15. The Morgan fingerprint density at radius 2 is 1.84 bits per heavy atom. The molecule has 0 spiro atoms. The molecule has 0 saturated heterocycles. The van der Waals surface area contributed by atoms with Crippen LogP contribution in [0.2, 0.25) is 0 Å². The van der Waals surface area contributed by atoms with E-state index in [4.69, 9.17) is 0 Å². The lowest BCUT2D eigenvalue weighted by atomic mass is 10.1. The van der Waals surface area contributed by atoms with E-state index in [2.05, 4.69) is 15.4 Å². The van der Waals surface area contributed by atoms with Crippen LogP contribution in [0.3, 0.4) is 0 Å². The fourth-order valence-electron chi connectivity index (χ4n) is 1.49. The third-order valence-corrected chi connectivity index (χ3v) is 3.15. The lowest BCUT2D eigenvalue weighted by Crippen LogP contribution is -2.41. The first kappa shape index (κ1) is 15.5. The minimum absolute atomic E-state index is 0.107. The lowest BCUT2D eigenvalue weighted by molar-refractivity contribution is 0.238. The zero-order valence-electron chi connectivity index (χ0n) is 11.0. The summed E-state index contributed by atoms with van der Waals surface area (Å²) in [6, 6.07) is 9.14. The molecule has 1 rings (SSSR count). The summed E-state index contributed by atoms with van der Waals surface area (Å²) >= 11 is 0. The van der Waals surface area contributed by atoms with E-state index in [9.17, 15) is 13.2 Å². The second-order valence-electron chi connectivity index (χ2n) is 4.20. The van der Waals surface area contributed by atoms with E-state index >= 15 is 0 Å². The summed E-state index contributed by atoms with van der Waals surface area (Å²) in [4.78, 5) is 11.6. The molecule has 1 atom stereocenters. The first-order chi connectivity index (χ1) is 8.88. The molecule has 0 aliphatic heterocycles. The number of sulfonamides is 1. The van der Waals surface area contributed by atoms with Crippen molar-refractivity contribution in [2.75, 3.05) is 19.3 Å². The van der Waals surface area contributed by atoms with Crippen LogP contribution in [0.15, 0.2) is 30.3 Å². The first-order valence-corrected chi connectivity index (χ1v) is 7.81. The van der Waals surface area contributed by atoms with Gasteiger partial charge >= 0.3 is 6.03 Å². The molecule has 0 radical (unpaired) electrons. The number of hydrogen-bond acceptors (Lipinski definition) is 3. The van der Waals surface area contributed by atoms with E-state index in [0.717, 1.165) is 11.8 Å². The van der Waals surface area contributed by atoms with Gasteiger partial charge in [0.15, 0.2) is 0 Å². The second-order valence-corrected chi connectivity index (χ2v) is 6.03. The van der Waals surface area contributed by atoms with Gasteiger partial charge in [0.1, 0.15) is 0 Å². The summed E-state index contributed by atoms with van der Waals surface area (Å²) in [5.41, 5.74) is 1.01. The molecule has 2 amide bonds. The normalized spacial score (nSPS) is 12.7. The molecule has 0 heterocycles. The number of carbonyl (C=O) groups excluding carboxylic acids is 1. The fraction of sp³-hybridized carbons (Fsp3) is 0.417. The smallest absolute Gasteiger partial charge is 0.315 e. The van der Waals surface area contributed by atoms with Crippen LogP contribution in [-0.4, -0.2) is 33.8 Å². The Balaban J connectivity index is 2.28. The number of amides is 2. The van der Waals surface area contributed by atoms with Crippen molar-refractivity contribution in [1.82, 2.24) is 15.4 Å². The van der Waals surface area contributed by atoms with Crippen LogP contribution in [0.25, 0.3) is 0 Å². The third-order valence-electron chi connectivity index (χ3n) is 2.42. The van der Waals surface area contributed by atoms with E-state index in [0.29, 0.717) is 0 Å². The highest BCUT2D eigenvalue weighted by Gasteiger charge is 2.08. The molecule has 0 saturated carbocycles. The Morgan fingerprint density at radius 3 is 2.42 bits per heavy atom. The summed E-state index contributed by atoms with van der Waals surface area (Å²) in [6.07, 6.45) is 1.07. The number of urea groups is 1. The molecule has 0 aliphatic rings. The summed E-state index contributed by atoms with van der Waals surface area (Å²) in [5.74, 6) is 0. The highest BCUT2D eigenvalue weighted by molar-refractivity contribution is 7.88. The van der Waals surface area contributed by atoms with Gasteiger partial charge in [-0.05, 0) is 12.5 Å². The zero-order valence-corrected chi connectivity index (χ0v) is 11.8. The molecule has 0 fully saturated rings. The molecule has 6 nitrogen and oxygen atoms in total. The van der Waals surface area contributed by atoms with Crippen molar-refractivity contribution in [1.29, 1.82) is 0 Å². The maximum Gasteiger partial charge on any atom is 0.315 e. The van der Waals surface area contributed by atoms with Crippen molar-refractivity contribution in [3.8, 4) is 0 Å². The molecule has 19 heavy (non-hydrogen) atoms. The minimum Gasteiger partial charge on any atom is -0.337 e. The van der Waals surface area contributed by atoms with E-state index in [1.807, 2.05) is 37.3 Å². The number of carbonyl (C=O) groups is 1. The maximum atomic E-state index is 11.6. The van der Waals surface area contributed by atoms with Crippen LogP contribution in [0.1, 0.15) is 18.5 Å². The Kier molecular flexibility index (Phi) is 5.78. The Morgan fingerprint density at radius 1 is 1.21 bits per heavy atom. The van der Waals surface area contributed by atoms with Gasteiger partial charge in [-0.1, -0.05) is 30.3 Å². The van der Waals surface area contributed by atoms with Gasteiger partial charge in [0.05, 0.1) is 12.3 Å². The van der Waals surface area contributed by atoms with Gasteiger partial charge in [0.25, 0.3) is 0 Å². The van der Waals surface area contributed by atoms with Gasteiger partial charge in [0.2, 0.25) is 10.0 Å². The van der Waals surface area contributed by atoms with Gasteiger partial charge in [-0.15, -0.1) is 0 Å². The summed E-state index contributed by atoms with van der Waals surface area (Å²) in [7, 11) is -3.21. The number of benzene rings is 1. The van der Waals surface area contributed by atoms with Crippen LogP contribution >= 0.6 is 0 Å². The van der Waals surface area contributed by atoms with Crippen LogP contribution in [0.5, 0.6) is 0 Å². The van der Waals surface area contributed by atoms with Crippen molar-refractivity contribution < 1.29 is 13.2 Å². The van der Waals surface area contributed by atoms with Crippen LogP contribution in [0.4, 0.5) is 4.79 Å². The van der Waals surface area contributed by atoms with Gasteiger partial charge in [0, 0.05) is 13.1 Å². The third kappa shape index (κ3) is 6.78. The topological polar surface area (TPSA) is 87.3 Å². The van der Waals surface area contributed by atoms with E-state index in [-0.39, 0.29) is 25.2 Å². The van der Waals surface area contributed by atoms with Crippen LogP contribution in [0, 0.1) is 0 Å². The predicted octanol–water partition coefficient (Wildman–Crippen LogP) is 0.596. The van der Waals surface area contributed by atoms with E-state index in [1.165, 1.54) is 0 Å². The fourth-order valence-corrected chi connectivity index (χ4v) is 1.96. The Bertz CT molecular complexity index is 502. The monoisotopic (exact) mass is 285 g/mol. The predicted molar refractivity (Wildman–Crippen MR) is 74.2 cm³/mol. The molecule has 106 valence electrons. The van der Waals surface area contributed by atoms with Crippen molar-refractivity contribution in [2.45, 2.75) is 13.0 Å². The zero-order chi connectivity index (χ0) is 14.3.